The van der Waals surface area contributed by atoms with Crippen molar-refractivity contribution in [3.8, 4) is 11.8 Å². The van der Waals surface area contributed by atoms with Gasteiger partial charge in [0.2, 0.25) is 0 Å². The van der Waals surface area contributed by atoms with Crippen molar-refractivity contribution in [3.05, 3.63) is 58.9 Å². The van der Waals surface area contributed by atoms with Crippen molar-refractivity contribution in [2.45, 2.75) is 12.3 Å². The van der Waals surface area contributed by atoms with Gasteiger partial charge in [0, 0.05) is 10.7 Å². The summed E-state index contributed by atoms with van der Waals surface area (Å²) < 4.78 is 1.94. The Hall–Kier alpha value is -2.02. The van der Waals surface area contributed by atoms with E-state index in [9.17, 15) is 0 Å². The number of aromatic nitrogens is 2. The second-order valence-electron chi connectivity index (χ2n) is 4.72. The maximum absolute atomic E-state index is 9.09. The molecule has 0 bridgehead atoms. The molecule has 3 rings (SSSR count). The molecule has 3 aromatic rings. The Balaban J connectivity index is 2.37. The van der Waals surface area contributed by atoms with Crippen LogP contribution in [0.3, 0.4) is 0 Å². The highest BCUT2D eigenvalue weighted by atomic mass is 35.5. The van der Waals surface area contributed by atoms with E-state index in [-0.39, 0.29) is 5.38 Å². The number of nitrogens with zero attached hydrogens (tertiary/aromatic N) is 3. The normalized spacial score (nSPS) is 12.3. The Morgan fingerprint density at radius 3 is 2.71 bits per heavy atom. The van der Waals surface area contributed by atoms with Gasteiger partial charge in [-0.15, -0.1) is 11.6 Å². The third kappa shape index (κ3) is 2.49. The highest BCUT2D eigenvalue weighted by molar-refractivity contribution is 6.30. The van der Waals surface area contributed by atoms with Crippen molar-refractivity contribution in [1.29, 1.82) is 5.26 Å². The summed E-state index contributed by atoms with van der Waals surface area (Å²) in [6, 6.07) is 15.0. The summed E-state index contributed by atoms with van der Waals surface area (Å²) in [5.74, 6) is 0.726. The predicted octanol–water partition coefficient (Wildman–Crippen LogP) is 4.85. The van der Waals surface area contributed by atoms with Crippen molar-refractivity contribution >= 4 is 34.2 Å². The second-order valence-corrected chi connectivity index (χ2v) is 5.81. The molecule has 0 aliphatic rings. The molecule has 3 nitrogen and oxygen atoms in total. The maximum atomic E-state index is 9.09. The summed E-state index contributed by atoms with van der Waals surface area (Å²) in [7, 11) is 0. The van der Waals surface area contributed by atoms with E-state index in [2.05, 4.69) is 11.1 Å². The lowest BCUT2D eigenvalue weighted by atomic mass is 10.2. The van der Waals surface area contributed by atoms with E-state index in [1.54, 1.807) is 6.07 Å². The molecule has 0 aliphatic heterocycles. The van der Waals surface area contributed by atoms with Crippen molar-refractivity contribution in [1.82, 2.24) is 9.55 Å². The molecule has 2 aromatic carbocycles. The molecule has 0 fully saturated rings. The van der Waals surface area contributed by atoms with Gasteiger partial charge in [-0.25, -0.2) is 4.98 Å². The van der Waals surface area contributed by atoms with Crippen molar-refractivity contribution in [2.24, 2.45) is 0 Å². The van der Waals surface area contributed by atoms with Crippen LogP contribution in [0, 0.1) is 11.3 Å². The van der Waals surface area contributed by atoms with Gasteiger partial charge in [0.05, 0.1) is 28.0 Å². The van der Waals surface area contributed by atoms with E-state index in [0.29, 0.717) is 10.6 Å². The van der Waals surface area contributed by atoms with Gasteiger partial charge in [0.25, 0.3) is 0 Å². The first kappa shape index (κ1) is 13.9. The predicted molar refractivity (Wildman–Crippen MR) is 85.1 cm³/mol. The zero-order chi connectivity index (χ0) is 15.0. The van der Waals surface area contributed by atoms with Crippen LogP contribution in [0.2, 0.25) is 5.02 Å². The molecule has 0 N–H and O–H groups in total. The summed E-state index contributed by atoms with van der Waals surface area (Å²) in [5.41, 5.74) is 3.11. The van der Waals surface area contributed by atoms with Gasteiger partial charge < -0.3 is 0 Å². The Morgan fingerprint density at radius 1 is 1.24 bits per heavy atom. The molecule has 0 aliphatic carbocycles. The number of rotatable bonds is 2. The molecular formula is C16H11Cl2N3. The lowest BCUT2D eigenvalue weighted by Crippen LogP contribution is -2.01. The molecule has 1 atom stereocenters. The first-order valence-electron chi connectivity index (χ1n) is 6.42. The molecule has 1 aromatic heterocycles. The van der Waals surface area contributed by atoms with Crippen molar-refractivity contribution in [3.63, 3.8) is 0 Å². The van der Waals surface area contributed by atoms with Crippen LogP contribution in [0.4, 0.5) is 0 Å². The standard InChI is InChI=1S/C16H11Cl2N3/c1-10(17)16-20-14-6-5-11(9-19)7-15(14)21(16)13-4-2-3-12(18)8-13/h2-8,10H,1H3. The zero-order valence-electron chi connectivity index (χ0n) is 11.2. The van der Waals surface area contributed by atoms with Gasteiger partial charge in [-0.1, -0.05) is 17.7 Å². The number of fused-ring (bicyclic) bond motifs is 1. The van der Waals surface area contributed by atoms with E-state index >= 15 is 0 Å². The van der Waals surface area contributed by atoms with Gasteiger partial charge in [-0.3, -0.25) is 4.57 Å². The fraction of sp³-hybridized carbons (Fsp3) is 0.125. The number of alkyl halides is 1. The van der Waals surface area contributed by atoms with Gasteiger partial charge in [0.1, 0.15) is 5.82 Å². The van der Waals surface area contributed by atoms with E-state index in [1.165, 1.54) is 0 Å². The molecule has 21 heavy (non-hydrogen) atoms. The minimum absolute atomic E-state index is 0.262. The highest BCUT2D eigenvalue weighted by Crippen LogP contribution is 2.29. The number of imidazole rings is 1. The summed E-state index contributed by atoms with van der Waals surface area (Å²) >= 11 is 12.3. The van der Waals surface area contributed by atoms with Crippen LogP contribution in [-0.2, 0) is 0 Å². The quantitative estimate of drug-likeness (QED) is 0.634. The van der Waals surface area contributed by atoms with Gasteiger partial charge in [-0.05, 0) is 43.3 Å². The fourth-order valence-electron chi connectivity index (χ4n) is 2.32. The summed E-state index contributed by atoms with van der Waals surface area (Å²) in [6.45, 7) is 1.87. The third-order valence-electron chi connectivity index (χ3n) is 3.23. The second kappa shape index (κ2) is 5.40. The molecule has 0 saturated carbocycles. The molecule has 1 unspecified atom stereocenters. The van der Waals surface area contributed by atoms with E-state index in [1.807, 2.05) is 47.9 Å². The molecule has 0 radical (unpaired) electrons. The fourth-order valence-corrected chi connectivity index (χ4v) is 2.65. The van der Waals surface area contributed by atoms with Crippen LogP contribution >= 0.6 is 23.2 Å². The lowest BCUT2D eigenvalue weighted by Gasteiger charge is -2.11. The number of nitriles is 1. The SMILES string of the molecule is CC(Cl)c1nc2ccc(C#N)cc2n1-c1cccc(Cl)c1. The number of halogens is 2. The highest BCUT2D eigenvalue weighted by Gasteiger charge is 2.16. The van der Waals surface area contributed by atoms with Crippen molar-refractivity contribution in [2.75, 3.05) is 0 Å². The van der Waals surface area contributed by atoms with Gasteiger partial charge in [-0.2, -0.15) is 5.26 Å². The van der Waals surface area contributed by atoms with Crippen LogP contribution < -0.4 is 0 Å². The topological polar surface area (TPSA) is 41.6 Å². The number of benzene rings is 2. The van der Waals surface area contributed by atoms with Crippen molar-refractivity contribution < 1.29 is 0 Å². The lowest BCUT2D eigenvalue weighted by molar-refractivity contribution is 0.882. The average molecular weight is 316 g/mol. The molecular weight excluding hydrogens is 305 g/mol. The summed E-state index contributed by atoms with van der Waals surface area (Å²) in [6.07, 6.45) is 0. The summed E-state index contributed by atoms with van der Waals surface area (Å²) in [5, 5.41) is 9.47. The van der Waals surface area contributed by atoms with E-state index in [4.69, 9.17) is 28.5 Å². The number of hydrogen-bond donors (Lipinski definition) is 0. The van der Waals surface area contributed by atoms with E-state index in [0.717, 1.165) is 22.5 Å². The third-order valence-corrected chi connectivity index (χ3v) is 3.66. The summed E-state index contributed by atoms with van der Waals surface area (Å²) in [4.78, 5) is 4.57. The van der Waals surface area contributed by atoms with Crippen LogP contribution in [0.5, 0.6) is 0 Å². The maximum Gasteiger partial charge on any atom is 0.132 e. The Morgan fingerprint density at radius 2 is 2.05 bits per heavy atom. The van der Waals surface area contributed by atoms with Crippen LogP contribution in [0.15, 0.2) is 42.5 Å². The largest absolute Gasteiger partial charge is 0.295 e. The Kier molecular flexibility index (Phi) is 3.59. The molecule has 0 saturated heterocycles. The first-order chi connectivity index (χ1) is 10.1. The first-order valence-corrected chi connectivity index (χ1v) is 7.24. The molecule has 1 heterocycles. The molecule has 104 valence electrons. The van der Waals surface area contributed by atoms with E-state index < -0.39 is 0 Å². The molecule has 0 spiro atoms. The monoisotopic (exact) mass is 315 g/mol. The minimum atomic E-state index is -0.262. The minimum Gasteiger partial charge on any atom is -0.295 e. The van der Waals surface area contributed by atoms with Crippen LogP contribution in [0.1, 0.15) is 23.7 Å². The number of hydrogen-bond acceptors (Lipinski definition) is 2. The Labute approximate surface area is 132 Å². The van der Waals surface area contributed by atoms with Crippen LogP contribution in [0.25, 0.3) is 16.7 Å². The van der Waals surface area contributed by atoms with Gasteiger partial charge in [0.15, 0.2) is 0 Å². The Bertz CT molecular complexity index is 860. The van der Waals surface area contributed by atoms with Gasteiger partial charge >= 0.3 is 0 Å². The van der Waals surface area contributed by atoms with Crippen LogP contribution in [-0.4, -0.2) is 9.55 Å². The average Bonchev–Trinajstić information content (AvgIpc) is 2.85. The smallest absolute Gasteiger partial charge is 0.132 e. The molecule has 0 amide bonds. The zero-order valence-corrected chi connectivity index (χ0v) is 12.7. The molecule has 5 heteroatoms.